The van der Waals surface area contributed by atoms with E-state index >= 15 is 0 Å². The van der Waals surface area contributed by atoms with Crippen LogP contribution >= 0.6 is 12.4 Å². The largest absolute Gasteiger partial charge is 0.457 e. The molecule has 1 heterocycles. The van der Waals surface area contributed by atoms with Crippen molar-refractivity contribution in [1.29, 1.82) is 0 Å². The fraction of sp³-hybridized carbons (Fsp3) is 0.406. The first-order valence-corrected chi connectivity index (χ1v) is 16.5. The van der Waals surface area contributed by atoms with Gasteiger partial charge in [0.2, 0.25) is 10.0 Å². The lowest BCUT2D eigenvalue weighted by Crippen LogP contribution is -2.53. The van der Waals surface area contributed by atoms with E-state index in [0.717, 1.165) is 70.1 Å². The molecule has 5 rings (SSSR count). The number of anilines is 2. The molecule has 1 aliphatic carbocycles. The zero-order valence-electron chi connectivity index (χ0n) is 24.4. The summed E-state index contributed by atoms with van der Waals surface area (Å²) >= 11 is 0. The number of nitrogens with one attached hydrogen (secondary N) is 2. The second-order valence-corrected chi connectivity index (χ2v) is 13.1. The molecule has 0 unspecified atom stereocenters. The summed E-state index contributed by atoms with van der Waals surface area (Å²) in [5.74, 6) is 1.33. The number of sulfonamides is 1. The molecule has 11 heteroatoms. The number of ether oxygens (including phenoxy) is 1. The number of likely N-dealkylation sites (tertiary alicyclic amines) is 1. The minimum absolute atomic E-state index is 0. The number of carbonyl (C=O) groups excluding carboxylic acids is 1. The smallest absolute Gasteiger partial charge is 0.322 e. The van der Waals surface area contributed by atoms with Crippen molar-refractivity contribution in [3.05, 3.63) is 84.4 Å². The molecular weight excluding hydrogens is 588 g/mol. The molecule has 0 spiro atoms. The molecule has 0 aromatic heterocycles. The van der Waals surface area contributed by atoms with Gasteiger partial charge in [0.15, 0.2) is 0 Å². The van der Waals surface area contributed by atoms with Gasteiger partial charge in [-0.05, 0) is 92.6 Å². The first-order chi connectivity index (χ1) is 20.2. The molecule has 3 N–H and O–H groups in total. The van der Waals surface area contributed by atoms with Gasteiger partial charge in [0.1, 0.15) is 11.5 Å². The molecule has 43 heavy (non-hydrogen) atoms. The van der Waals surface area contributed by atoms with Gasteiger partial charge < -0.3 is 15.2 Å². The van der Waals surface area contributed by atoms with Crippen LogP contribution in [-0.2, 0) is 16.6 Å². The number of benzene rings is 3. The van der Waals surface area contributed by atoms with Crippen LogP contribution < -0.4 is 19.7 Å². The lowest BCUT2D eigenvalue weighted by atomic mass is 9.93. The molecule has 0 bridgehead atoms. The van der Waals surface area contributed by atoms with Gasteiger partial charge in [-0.3, -0.25) is 14.5 Å². The average Bonchev–Trinajstić information content (AvgIpc) is 2.97. The van der Waals surface area contributed by atoms with Crippen LogP contribution in [0.15, 0.2) is 78.9 Å². The lowest BCUT2D eigenvalue weighted by molar-refractivity contribution is 0.117. The van der Waals surface area contributed by atoms with Crippen molar-refractivity contribution in [3.8, 4) is 11.5 Å². The van der Waals surface area contributed by atoms with Crippen molar-refractivity contribution >= 4 is 39.8 Å². The highest BCUT2D eigenvalue weighted by Crippen LogP contribution is 2.27. The van der Waals surface area contributed by atoms with Gasteiger partial charge in [0, 0.05) is 43.1 Å². The monoisotopic (exact) mass is 628 g/mol. The van der Waals surface area contributed by atoms with E-state index in [0.29, 0.717) is 17.2 Å². The third-order valence-electron chi connectivity index (χ3n) is 7.92. The molecule has 2 fully saturated rings. The van der Waals surface area contributed by atoms with E-state index in [1.807, 2.05) is 47.4 Å². The summed E-state index contributed by atoms with van der Waals surface area (Å²) < 4.78 is 31.1. The van der Waals surface area contributed by atoms with Crippen molar-refractivity contribution in [2.24, 2.45) is 0 Å². The van der Waals surface area contributed by atoms with Crippen molar-refractivity contribution in [2.75, 3.05) is 29.0 Å². The van der Waals surface area contributed by atoms with Crippen LogP contribution in [0.2, 0.25) is 0 Å². The predicted octanol–water partition coefficient (Wildman–Crippen LogP) is 5.76. The summed E-state index contributed by atoms with van der Waals surface area (Å²) in [5, 5.41) is 13.1. The Hall–Kier alpha value is -3.31. The molecular formula is C32H41ClN4O5S. The Morgan fingerprint density at radius 3 is 2.05 bits per heavy atom. The Labute approximate surface area is 260 Å². The summed E-state index contributed by atoms with van der Waals surface area (Å²) in [6.07, 6.45) is 5.74. The second-order valence-electron chi connectivity index (χ2n) is 11.3. The van der Waals surface area contributed by atoms with E-state index in [1.54, 1.807) is 24.3 Å². The molecule has 1 saturated carbocycles. The summed E-state index contributed by atoms with van der Waals surface area (Å²) in [6.45, 7) is 2.60. The van der Waals surface area contributed by atoms with Gasteiger partial charge in [-0.25, -0.2) is 13.2 Å². The number of rotatable bonds is 9. The molecule has 9 nitrogen and oxygen atoms in total. The summed E-state index contributed by atoms with van der Waals surface area (Å²) in [6, 6.07) is 24.9. The molecule has 3 aromatic carbocycles. The number of nitrogens with zero attached hydrogens (tertiary/aromatic N) is 2. The maximum absolute atomic E-state index is 13.5. The van der Waals surface area contributed by atoms with Crippen molar-refractivity contribution in [2.45, 2.75) is 63.3 Å². The number of carbonyl (C=O) groups is 1. The van der Waals surface area contributed by atoms with Crippen molar-refractivity contribution in [3.63, 3.8) is 0 Å². The summed E-state index contributed by atoms with van der Waals surface area (Å²) in [5.41, 5.74) is 2.59. The number of piperidine rings is 1. The van der Waals surface area contributed by atoms with Gasteiger partial charge in [0.05, 0.1) is 12.4 Å². The normalized spacial score (nSPS) is 19.6. The van der Waals surface area contributed by atoms with E-state index < -0.39 is 10.0 Å². The van der Waals surface area contributed by atoms with Crippen LogP contribution in [-0.4, -0.2) is 62.0 Å². The predicted molar refractivity (Wildman–Crippen MR) is 173 cm³/mol. The van der Waals surface area contributed by atoms with Gasteiger partial charge in [0.25, 0.3) is 0 Å². The standard InChI is InChI=1S/C32H40N4O5S.ClH/c1-42(39,40)34-26-11-17-31(18-12-26)41-30-15-7-24(8-16-30)23-35-21-19-28(20-22-35)36(27-5-3-2-4-6-27)32(38)33-25-9-13-29(37)14-10-25;/h2-8,11-12,15-18,25,28-29,34,37H,9-10,13-14,19-23H2,1H3,(H,33,38);1H. The van der Waals surface area contributed by atoms with Gasteiger partial charge >= 0.3 is 6.03 Å². The van der Waals surface area contributed by atoms with Gasteiger partial charge in [-0.1, -0.05) is 30.3 Å². The quantitative estimate of drug-likeness (QED) is 0.278. The molecule has 3 aromatic rings. The van der Waals surface area contributed by atoms with E-state index in [1.165, 1.54) is 5.56 Å². The van der Waals surface area contributed by atoms with Crippen LogP contribution in [0.5, 0.6) is 11.5 Å². The number of urea groups is 1. The number of halogens is 1. The topological polar surface area (TPSA) is 111 Å². The van der Waals surface area contributed by atoms with Crippen molar-refractivity contribution < 1.29 is 23.1 Å². The van der Waals surface area contributed by atoms with Crippen molar-refractivity contribution in [1.82, 2.24) is 10.2 Å². The van der Waals surface area contributed by atoms with E-state index in [4.69, 9.17) is 4.74 Å². The molecule has 0 atom stereocenters. The molecule has 1 saturated heterocycles. The van der Waals surface area contributed by atoms with Crippen LogP contribution in [0.3, 0.4) is 0 Å². The number of aliphatic hydroxyl groups excluding tert-OH is 1. The van der Waals surface area contributed by atoms with E-state index in [9.17, 15) is 18.3 Å². The number of hydrogen-bond acceptors (Lipinski definition) is 6. The maximum Gasteiger partial charge on any atom is 0.322 e. The zero-order valence-corrected chi connectivity index (χ0v) is 26.0. The first-order valence-electron chi connectivity index (χ1n) is 14.6. The molecule has 2 amide bonds. The second kappa shape index (κ2) is 14.9. The fourth-order valence-corrected chi connectivity index (χ4v) is 6.31. The van der Waals surface area contributed by atoms with Crippen LogP contribution in [0.4, 0.5) is 16.2 Å². The highest BCUT2D eigenvalue weighted by molar-refractivity contribution is 7.92. The maximum atomic E-state index is 13.5. The Bertz CT molecular complexity index is 1410. The number of aliphatic hydroxyl groups is 1. The highest BCUT2D eigenvalue weighted by atomic mass is 35.5. The van der Waals surface area contributed by atoms with E-state index in [2.05, 4.69) is 27.1 Å². The number of para-hydroxylation sites is 1. The Balaban J connectivity index is 0.00000423. The van der Waals surface area contributed by atoms with E-state index in [-0.39, 0.29) is 36.6 Å². The third kappa shape index (κ3) is 9.59. The minimum atomic E-state index is -3.32. The van der Waals surface area contributed by atoms with Crippen LogP contribution in [0.25, 0.3) is 0 Å². The average molecular weight is 629 g/mol. The van der Waals surface area contributed by atoms with Crippen LogP contribution in [0, 0.1) is 0 Å². The summed E-state index contributed by atoms with van der Waals surface area (Å²) in [4.78, 5) is 17.9. The molecule has 0 radical (unpaired) electrons. The number of amides is 2. The Kier molecular flexibility index (Phi) is 11.3. The number of hydrogen-bond donors (Lipinski definition) is 3. The first kappa shape index (κ1) is 32.6. The SMILES string of the molecule is CS(=O)(=O)Nc1ccc(Oc2ccc(CN3CCC(N(C(=O)NC4CCC(O)CC4)c4ccccc4)CC3)cc2)cc1.Cl. The van der Waals surface area contributed by atoms with Gasteiger partial charge in [-0.2, -0.15) is 0 Å². The van der Waals surface area contributed by atoms with Crippen LogP contribution in [0.1, 0.15) is 44.1 Å². The fourth-order valence-electron chi connectivity index (χ4n) is 5.74. The summed E-state index contributed by atoms with van der Waals surface area (Å²) in [7, 11) is -3.32. The van der Waals surface area contributed by atoms with Gasteiger partial charge in [-0.15, -0.1) is 12.4 Å². The third-order valence-corrected chi connectivity index (χ3v) is 8.53. The zero-order chi connectivity index (χ0) is 29.5. The Morgan fingerprint density at radius 2 is 1.47 bits per heavy atom. The molecule has 2 aliphatic rings. The highest BCUT2D eigenvalue weighted by Gasteiger charge is 2.31. The minimum Gasteiger partial charge on any atom is -0.457 e. The Morgan fingerprint density at radius 1 is 0.884 bits per heavy atom. The molecule has 1 aliphatic heterocycles. The lowest BCUT2D eigenvalue weighted by Gasteiger charge is -2.39. The molecule has 232 valence electrons.